The summed E-state index contributed by atoms with van der Waals surface area (Å²) in [5.74, 6) is 1.38. The molecule has 0 radical (unpaired) electrons. The van der Waals surface area contributed by atoms with Crippen molar-refractivity contribution in [2.75, 3.05) is 7.11 Å². The maximum absolute atomic E-state index is 14.5. The summed E-state index contributed by atoms with van der Waals surface area (Å²) in [6.07, 6.45) is 12.1. The van der Waals surface area contributed by atoms with Gasteiger partial charge in [0.25, 0.3) is 0 Å². The van der Waals surface area contributed by atoms with Gasteiger partial charge in [-0.3, -0.25) is 9.59 Å². The van der Waals surface area contributed by atoms with Crippen LogP contribution in [0, 0.1) is 61.6 Å². The molecular weight excluding hydrogens is 470 g/mol. The Bertz CT molecular complexity index is 1210. The van der Waals surface area contributed by atoms with Crippen molar-refractivity contribution in [1.82, 2.24) is 0 Å². The van der Waals surface area contributed by atoms with Crippen LogP contribution in [0.3, 0.4) is 0 Å². The van der Waals surface area contributed by atoms with Crippen LogP contribution in [-0.4, -0.2) is 18.7 Å². The third-order valence-corrected chi connectivity index (χ3v) is 12.9. The van der Waals surface area contributed by atoms with Crippen LogP contribution in [0.4, 0.5) is 0 Å². The van der Waals surface area contributed by atoms with Crippen LogP contribution in [0.1, 0.15) is 99.8 Å². The Morgan fingerprint density at radius 3 is 2.34 bits per heavy atom. The second-order valence-electron chi connectivity index (χ2n) is 15.5. The number of ether oxygens (including phenoxy) is 1. The van der Waals surface area contributed by atoms with Crippen LogP contribution in [0.5, 0.6) is 0 Å². The Labute approximate surface area is 230 Å². The van der Waals surface area contributed by atoms with E-state index in [1.807, 2.05) is 26.0 Å². The molecule has 5 rings (SSSR count). The molecule has 0 aliphatic heterocycles. The SMILES string of the molecule is C=C(C[C@]12CCC(C)(C)CC1C1C(=O)C=C3[C@@]4(C)C=C(C#N)C(=O)C(C)(C)C4CC[C@@]3(C)[C@]1(C)CC2)OC. The minimum atomic E-state index is -0.632. The number of hydrogen-bond donors (Lipinski definition) is 0. The normalized spacial score (nSPS) is 44.8. The minimum Gasteiger partial charge on any atom is -0.502 e. The van der Waals surface area contributed by atoms with Crippen molar-refractivity contribution in [3.05, 3.63) is 35.6 Å². The predicted octanol–water partition coefficient (Wildman–Crippen LogP) is 7.76. The molecule has 0 aromatic heterocycles. The largest absolute Gasteiger partial charge is 0.502 e. The number of nitrogens with zero attached hydrogens (tertiary/aromatic N) is 1. The van der Waals surface area contributed by atoms with Gasteiger partial charge in [-0.05, 0) is 84.5 Å². The number of allylic oxidation sites excluding steroid dienone is 5. The second kappa shape index (κ2) is 8.18. The van der Waals surface area contributed by atoms with Crippen molar-refractivity contribution in [1.29, 1.82) is 5.26 Å². The monoisotopic (exact) mass is 517 g/mol. The van der Waals surface area contributed by atoms with Crippen LogP contribution >= 0.6 is 0 Å². The van der Waals surface area contributed by atoms with Crippen molar-refractivity contribution in [2.24, 2.45) is 50.2 Å². The fraction of sp³-hybridized carbons (Fsp3) is 0.735. The van der Waals surface area contributed by atoms with Crippen LogP contribution in [-0.2, 0) is 14.3 Å². The molecule has 7 atom stereocenters. The van der Waals surface area contributed by atoms with E-state index >= 15 is 0 Å². The van der Waals surface area contributed by atoms with Gasteiger partial charge in [-0.25, -0.2) is 0 Å². The van der Waals surface area contributed by atoms with Crippen LogP contribution in [0.15, 0.2) is 35.6 Å². The Kier molecular flexibility index (Phi) is 5.91. The molecule has 38 heavy (non-hydrogen) atoms. The molecule has 0 spiro atoms. The molecule has 3 fully saturated rings. The molecule has 0 N–H and O–H groups in total. The lowest BCUT2D eigenvalue weighted by Crippen LogP contribution is -2.64. The molecule has 0 bridgehead atoms. The van der Waals surface area contributed by atoms with Gasteiger partial charge >= 0.3 is 0 Å². The summed E-state index contributed by atoms with van der Waals surface area (Å²) < 4.78 is 5.61. The molecule has 206 valence electrons. The molecule has 4 heteroatoms. The van der Waals surface area contributed by atoms with Gasteiger partial charge in [-0.1, -0.05) is 66.7 Å². The van der Waals surface area contributed by atoms with E-state index in [0.717, 1.165) is 50.7 Å². The molecular formula is C34H47NO3. The molecule has 5 aliphatic rings. The van der Waals surface area contributed by atoms with Gasteiger partial charge in [0.15, 0.2) is 11.6 Å². The highest BCUT2D eigenvalue weighted by Crippen LogP contribution is 2.75. The standard InChI is InChI=1S/C34H47NO3/c1-21(38-9)17-34-14-12-29(2,3)19-23(34)27-24(36)16-26-31(6)18-22(20-35)28(37)30(4,5)25(31)10-11-32(26,7)33(27,8)13-15-34/h16,18,23,25,27H,1,10-15,17,19H2,2-9H3/t23?,25?,27?,31-,32+,33+,34+/m0/s1. The van der Waals surface area contributed by atoms with Gasteiger partial charge in [-0.2, -0.15) is 5.26 Å². The number of fused-ring (bicyclic) bond motifs is 7. The van der Waals surface area contributed by atoms with Gasteiger partial charge in [0.05, 0.1) is 18.4 Å². The van der Waals surface area contributed by atoms with E-state index in [-0.39, 0.29) is 50.6 Å². The highest BCUT2D eigenvalue weighted by atomic mass is 16.5. The zero-order valence-corrected chi connectivity index (χ0v) is 24.9. The fourth-order valence-electron chi connectivity index (χ4n) is 10.5. The molecule has 3 saturated carbocycles. The van der Waals surface area contributed by atoms with Crippen LogP contribution < -0.4 is 0 Å². The van der Waals surface area contributed by atoms with Crippen LogP contribution in [0.25, 0.3) is 0 Å². The maximum atomic E-state index is 14.5. The van der Waals surface area contributed by atoms with Crippen molar-refractivity contribution in [3.63, 3.8) is 0 Å². The Hall–Kier alpha value is -2.15. The van der Waals surface area contributed by atoms with Crippen molar-refractivity contribution < 1.29 is 14.3 Å². The number of methoxy groups -OCH3 is 1. The smallest absolute Gasteiger partial charge is 0.178 e. The fourth-order valence-corrected chi connectivity index (χ4v) is 10.5. The molecule has 0 heterocycles. The Balaban J connectivity index is 1.68. The summed E-state index contributed by atoms with van der Waals surface area (Å²) in [5, 5.41) is 9.91. The molecule has 0 amide bonds. The zero-order valence-electron chi connectivity index (χ0n) is 24.9. The average molecular weight is 518 g/mol. The van der Waals surface area contributed by atoms with E-state index < -0.39 is 10.8 Å². The van der Waals surface area contributed by atoms with E-state index in [0.29, 0.717) is 5.92 Å². The van der Waals surface area contributed by atoms with Crippen LogP contribution in [0.2, 0.25) is 0 Å². The third kappa shape index (κ3) is 3.39. The van der Waals surface area contributed by atoms with Gasteiger partial charge in [0, 0.05) is 23.2 Å². The van der Waals surface area contributed by atoms with E-state index in [9.17, 15) is 14.9 Å². The summed E-state index contributed by atoms with van der Waals surface area (Å²) in [7, 11) is 1.72. The number of Topliss-reactive ketones (excluding diaryl/α,β-unsaturated/α-hetero) is 1. The number of hydrogen-bond acceptors (Lipinski definition) is 4. The van der Waals surface area contributed by atoms with Crippen molar-refractivity contribution in [3.8, 4) is 6.07 Å². The highest BCUT2D eigenvalue weighted by molar-refractivity contribution is 6.04. The quantitative estimate of drug-likeness (QED) is 0.359. The topological polar surface area (TPSA) is 67.2 Å². The Morgan fingerprint density at radius 2 is 1.71 bits per heavy atom. The summed E-state index contributed by atoms with van der Waals surface area (Å²) in [6.45, 7) is 20.0. The highest BCUT2D eigenvalue weighted by Gasteiger charge is 2.69. The van der Waals surface area contributed by atoms with E-state index in [1.54, 1.807) is 7.11 Å². The van der Waals surface area contributed by atoms with Gasteiger partial charge in [-0.15, -0.1) is 0 Å². The summed E-state index contributed by atoms with van der Waals surface area (Å²) in [4.78, 5) is 27.7. The van der Waals surface area contributed by atoms with E-state index in [1.165, 1.54) is 12.0 Å². The lowest BCUT2D eigenvalue weighted by Gasteiger charge is -2.69. The second-order valence-corrected chi connectivity index (χ2v) is 15.5. The maximum Gasteiger partial charge on any atom is 0.178 e. The number of rotatable bonds is 3. The zero-order chi connectivity index (χ0) is 28.1. The van der Waals surface area contributed by atoms with Gasteiger partial charge in [0.1, 0.15) is 6.07 Å². The van der Waals surface area contributed by atoms with Gasteiger partial charge < -0.3 is 4.74 Å². The Morgan fingerprint density at radius 1 is 1.05 bits per heavy atom. The molecule has 0 aromatic rings. The summed E-state index contributed by atoms with van der Waals surface area (Å²) in [6, 6.07) is 2.21. The molecule has 3 unspecified atom stereocenters. The number of ketones is 2. The van der Waals surface area contributed by atoms with Crippen molar-refractivity contribution >= 4 is 11.6 Å². The summed E-state index contributed by atoms with van der Waals surface area (Å²) >= 11 is 0. The molecule has 4 nitrogen and oxygen atoms in total. The first-order valence-corrected chi connectivity index (χ1v) is 14.7. The number of carbonyl (C=O) groups is 2. The van der Waals surface area contributed by atoms with Gasteiger partial charge in [0.2, 0.25) is 0 Å². The first kappa shape index (κ1) is 27.4. The predicted molar refractivity (Wildman–Crippen MR) is 150 cm³/mol. The lowest BCUT2D eigenvalue weighted by atomic mass is 9.34. The third-order valence-electron chi connectivity index (χ3n) is 12.9. The molecule has 0 saturated heterocycles. The van der Waals surface area contributed by atoms with E-state index in [2.05, 4.69) is 47.3 Å². The first-order chi connectivity index (χ1) is 17.5. The van der Waals surface area contributed by atoms with E-state index in [4.69, 9.17) is 4.74 Å². The first-order valence-electron chi connectivity index (χ1n) is 14.7. The lowest BCUT2D eigenvalue weighted by molar-refractivity contribution is -0.172. The minimum absolute atomic E-state index is 0.0352. The number of carbonyl (C=O) groups excluding carboxylic acids is 2. The average Bonchev–Trinajstić information content (AvgIpc) is 2.83. The molecule has 5 aliphatic carbocycles. The number of nitriles is 1. The summed E-state index contributed by atoms with van der Waals surface area (Å²) in [5.41, 5.74) is 0.222. The molecule has 0 aromatic carbocycles. The van der Waals surface area contributed by atoms with Crippen molar-refractivity contribution in [2.45, 2.75) is 99.8 Å².